The number of halogens is 1. The standard InChI is InChI=1S/C13H13FO3/c1-8-7-9(3-4-10(8)14)11(15)13(12(16)17)5-2-6-13/h3-4,7H,2,5-6H2,1H3,(H,16,17). The van der Waals surface area contributed by atoms with E-state index in [1.165, 1.54) is 18.2 Å². The van der Waals surface area contributed by atoms with E-state index in [1.807, 2.05) is 0 Å². The molecule has 1 aromatic rings. The van der Waals surface area contributed by atoms with Gasteiger partial charge in [-0.25, -0.2) is 4.39 Å². The van der Waals surface area contributed by atoms with E-state index in [9.17, 15) is 14.0 Å². The molecule has 90 valence electrons. The van der Waals surface area contributed by atoms with Crippen molar-refractivity contribution < 1.29 is 19.1 Å². The average molecular weight is 236 g/mol. The first-order chi connectivity index (χ1) is 7.97. The summed E-state index contributed by atoms with van der Waals surface area (Å²) in [6.45, 7) is 1.56. The van der Waals surface area contributed by atoms with Crippen LogP contribution < -0.4 is 0 Å². The minimum atomic E-state index is -1.27. The predicted molar refractivity (Wildman–Crippen MR) is 59.4 cm³/mol. The monoisotopic (exact) mass is 236 g/mol. The predicted octanol–water partition coefficient (Wildman–Crippen LogP) is 2.57. The van der Waals surface area contributed by atoms with Crippen LogP contribution in [0.2, 0.25) is 0 Å². The Balaban J connectivity index is 2.36. The number of Topliss-reactive ketones (excluding diaryl/α,β-unsaturated/α-hetero) is 1. The summed E-state index contributed by atoms with van der Waals surface area (Å²) in [6.07, 6.45) is 1.49. The first-order valence-corrected chi connectivity index (χ1v) is 5.52. The highest BCUT2D eigenvalue weighted by atomic mass is 19.1. The van der Waals surface area contributed by atoms with Crippen LogP contribution in [0.1, 0.15) is 35.2 Å². The lowest BCUT2D eigenvalue weighted by Gasteiger charge is -2.36. The van der Waals surface area contributed by atoms with Crippen LogP contribution in [-0.4, -0.2) is 16.9 Å². The van der Waals surface area contributed by atoms with Gasteiger partial charge in [-0.15, -0.1) is 0 Å². The van der Waals surface area contributed by atoms with Gasteiger partial charge in [0.2, 0.25) is 0 Å². The Morgan fingerprint density at radius 1 is 1.35 bits per heavy atom. The van der Waals surface area contributed by atoms with E-state index < -0.39 is 17.2 Å². The molecule has 0 bridgehead atoms. The number of hydrogen-bond donors (Lipinski definition) is 1. The summed E-state index contributed by atoms with van der Waals surface area (Å²) in [6, 6.07) is 3.98. The number of rotatable bonds is 3. The normalized spacial score (nSPS) is 17.3. The topological polar surface area (TPSA) is 54.4 Å². The molecule has 0 amide bonds. The van der Waals surface area contributed by atoms with E-state index in [-0.39, 0.29) is 11.4 Å². The van der Waals surface area contributed by atoms with Gasteiger partial charge in [0.25, 0.3) is 0 Å². The van der Waals surface area contributed by atoms with Crippen LogP contribution in [0, 0.1) is 18.2 Å². The second kappa shape index (κ2) is 3.95. The van der Waals surface area contributed by atoms with Gasteiger partial charge < -0.3 is 5.11 Å². The minimum Gasteiger partial charge on any atom is -0.480 e. The smallest absolute Gasteiger partial charge is 0.317 e. The van der Waals surface area contributed by atoms with Gasteiger partial charge >= 0.3 is 5.97 Å². The number of aryl methyl sites for hydroxylation is 1. The largest absolute Gasteiger partial charge is 0.480 e. The molecule has 0 radical (unpaired) electrons. The molecule has 1 saturated carbocycles. The third-order valence-corrected chi connectivity index (χ3v) is 3.47. The molecule has 1 fully saturated rings. The van der Waals surface area contributed by atoms with Crippen LogP contribution in [-0.2, 0) is 4.79 Å². The SMILES string of the molecule is Cc1cc(C(=O)C2(C(=O)O)CCC2)ccc1F. The van der Waals surface area contributed by atoms with E-state index in [0.29, 0.717) is 18.4 Å². The molecule has 1 N–H and O–H groups in total. The number of benzene rings is 1. The maximum Gasteiger partial charge on any atom is 0.317 e. The van der Waals surface area contributed by atoms with E-state index in [0.717, 1.165) is 6.42 Å². The second-order valence-corrected chi connectivity index (χ2v) is 4.53. The van der Waals surface area contributed by atoms with Gasteiger partial charge in [-0.2, -0.15) is 0 Å². The van der Waals surface area contributed by atoms with E-state index in [2.05, 4.69) is 0 Å². The lowest BCUT2D eigenvalue weighted by Crippen LogP contribution is -2.45. The van der Waals surface area contributed by atoms with Crippen LogP contribution in [0.3, 0.4) is 0 Å². The molecule has 0 atom stereocenters. The van der Waals surface area contributed by atoms with Crippen LogP contribution in [0.25, 0.3) is 0 Å². The Hall–Kier alpha value is -1.71. The first kappa shape index (κ1) is 11.8. The lowest BCUT2D eigenvalue weighted by atomic mass is 9.64. The Morgan fingerprint density at radius 2 is 2.00 bits per heavy atom. The van der Waals surface area contributed by atoms with Gasteiger partial charge in [0, 0.05) is 5.56 Å². The Bertz CT molecular complexity index is 489. The van der Waals surface area contributed by atoms with Crippen molar-refractivity contribution in [2.75, 3.05) is 0 Å². The zero-order chi connectivity index (χ0) is 12.6. The van der Waals surface area contributed by atoms with Crippen molar-refractivity contribution in [3.63, 3.8) is 0 Å². The molecule has 2 rings (SSSR count). The maximum absolute atomic E-state index is 13.1. The molecule has 0 aromatic heterocycles. The summed E-state index contributed by atoms with van der Waals surface area (Å²) in [5.74, 6) is -1.87. The van der Waals surface area contributed by atoms with Gasteiger partial charge in [-0.1, -0.05) is 6.42 Å². The third-order valence-electron chi connectivity index (χ3n) is 3.47. The summed E-state index contributed by atoms with van der Waals surface area (Å²) in [5.41, 5.74) is -0.633. The van der Waals surface area contributed by atoms with Crippen molar-refractivity contribution >= 4 is 11.8 Å². The Kier molecular flexibility index (Phi) is 2.73. The number of ketones is 1. The number of carboxylic acids is 1. The molecule has 1 aromatic carbocycles. The lowest BCUT2D eigenvalue weighted by molar-refractivity contribution is -0.150. The molecule has 0 spiro atoms. The fourth-order valence-corrected chi connectivity index (χ4v) is 2.13. The quantitative estimate of drug-likeness (QED) is 0.648. The van der Waals surface area contributed by atoms with Crippen molar-refractivity contribution in [3.05, 3.63) is 35.1 Å². The molecule has 0 heterocycles. The van der Waals surface area contributed by atoms with E-state index in [4.69, 9.17) is 5.11 Å². The van der Waals surface area contributed by atoms with E-state index >= 15 is 0 Å². The van der Waals surface area contributed by atoms with Gasteiger partial charge in [0.1, 0.15) is 11.2 Å². The third kappa shape index (κ3) is 1.73. The molecule has 3 nitrogen and oxygen atoms in total. The van der Waals surface area contributed by atoms with Crippen molar-refractivity contribution in [1.29, 1.82) is 0 Å². The number of hydrogen-bond acceptors (Lipinski definition) is 2. The van der Waals surface area contributed by atoms with E-state index in [1.54, 1.807) is 6.92 Å². The number of carbonyl (C=O) groups excluding carboxylic acids is 1. The summed E-state index contributed by atoms with van der Waals surface area (Å²) < 4.78 is 13.1. The number of carbonyl (C=O) groups is 2. The van der Waals surface area contributed by atoms with Crippen molar-refractivity contribution in [2.45, 2.75) is 26.2 Å². The molecule has 17 heavy (non-hydrogen) atoms. The molecular weight excluding hydrogens is 223 g/mol. The highest BCUT2D eigenvalue weighted by molar-refractivity contribution is 6.12. The molecule has 1 aliphatic carbocycles. The number of aliphatic carboxylic acids is 1. The molecule has 0 unspecified atom stereocenters. The van der Waals surface area contributed by atoms with Gasteiger partial charge in [0.05, 0.1) is 0 Å². The maximum atomic E-state index is 13.1. The fourth-order valence-electron chi connectivity index (χ4n) is 2.13. The number of carboxylic acid groups (broad SMARTS) is 1. The van der Waals surface area contributed by atoms with Gasteiger partial charge in [-0.3, -0.25) is 9.59 Å². The minimum absolute atomic E-state index is 0.283. The molecule has 0 saturated heterocycles. The van der Waals surface area contributed by atoms with Crippen LogP contribution in [0.5, 0.6) is 0 Å². The van der Waals surface area contributed by atoms with Crippen LogP contribution in [0.15, 0.2) is 18.2 Å². The Morgan fingerprint density at radius 3 is 2.41 bits per heavy atom. The van der Waals surface area contributed by atoms with Crippen LogP contribution >= 0.6 is 0 Å². The van der Waals surface area contributed by atoms with Crippen molar-refractivity contribution in [2.24, 2.45) is 5.41 Å². The zero-order valence-electron chi connectivity index (χ0n) is 9.50. The second-order valence-electron chi connectivity index (χ2n) is 4.53. The highest BCUT2D eigenvalue weighted by Crippen LogP contribution is 2.43. The molecule has 1 aliphatic rings. The summed E-state index contributed by atoms with van der Waals surface area (Å²) in [4.78, 5) is 23.3. The van der Waals surface area contributed by atoms with Crippen molar-refractivity contribution in [3.8, 4) is 0 Å². The molecule has 4 heteroatoms. The summed E-state index contributed by atoms with van der Waals surface area (Å²) in [7, 11) is 0. The first-order valence-electron chi connectivity index (χ1n) is 5.52. The van der Waals surface area contributed by atoms with Gasteiger partial charge in [0.15, 0.2) is 5.78 Å². The highest BCUT2D eigenvalue weighted by Gasteiger charge is 2.51. The Labute approximate surface area is 98.3 Å². The van der Waals surface area contributed by atoms with Gasteiger partial charge in [-0.05, 0) is 43.5 Å². The average Bonchev–Trinajstić information content (AvgIpc) is 2.19. The van der Waals surface area contributed by atoms with Crippen molar-refractivity contribution in [1.82, 2.24) is 0 Å². The fraction of sp³-hybridized carbons (Fsp3) is 0.385. The van der Waals surface area contributed by atoms with Crippen LogP contribution in [0.4, 0.5) is 4.39 Å². The molecule has 0 aliphatic heterocycles. The summed E-state index contributed by atoms with van der Waals surface area (Å²) in [5, 5.41) is 9.14. The zero-order valence-corrected chi connectivity index (χ0v) is 9.50. The molecular formula is C13H13FO3. The summed E-state index contributed by atoms with van der Waals surface area (Å²) >= 11 is 0.